The molecule has 1 heterocycles. The van der Waals surface area contributed by atoms with Gasteiger partial charge in [-0.2, -0.15) is 0 Å². The van der Waals surface area contributed by atoms with Crippen molar-refractivity contribution in [1.82, 2.24) is 5.32 Å². The van der Waals surface area contributed by atoms with E-state index in [9.17, 15) is 18.0 Å². The number of fused-ring (bicyclic) bond motifs is 1. The molecule has 120 valence electrons. The van der Waals surface area contributed by atoms with E-state index in [2.05, 4.69) is 16.0 Å². The van der Waals surface area contributed by atoms with Crippen LogP contribution in [-0.4, -0.2) is 12.6 Å². The highest BCUT2D eigenvalue weighted by Crippen LogP contribution is 2.21. The fourth-order valence-electron chi connectivity index (χ4n) is 2.46. The highest BCUT2D eigenvalue weighted by atomic mass is 19.2. The number of carbonyl (C=O) groups is 1. The van der Waals surface area contributed by atoms with E-state index in [1.165, 1.54) is 0 Å². The van der Waals surface area contributed by atoms with Gasteiger partial charge in [0.2, 0.25) is 0 Å². The first-order chi connectivity index (χ1) is 11.0. The molecule has 1 aliphatic rings. The van der Waals surface area contributed by atoms with Gasteiger partial charge in [-0.05, 0) is 36.2 Å². The number of halogens is 3. The maximum absolute atomic E-state index is 13.5. The van der Waals surface area contributed by atoms with Gasteiger partial charge in [-0.15, -0.1) is 0 Å². The molecule has 2 amide bonds. The Labute approximate surface area is 130 Å². The van der Waals surface area contributed by atoms with Gasteiger partial charge in [0.1, 0.15) is 5.82 Å². The molecule has 0 atom stereocenters. The molecule has 0 bridgehead atoms. The van der Waals surface area contributed by atoms with Crippen molar-refractivity contribution in [3.05, 3.63) is 58.9 Å². The number of amides is 2. The lowest BCUT2D eigenvalue weighted by Crippen LogP contribution is -2.24. The molecule has 0 aromatic heterocycles. The second-order valence-corrected chi connectivity index (χ2v) is 5.24. The lowest BCUT2D eigenvalue weighted by Gasteiger charge is -2.18. The van der Waals surface area contributed by atoms with E-state index in [1.54, 1.807) is 6.07 Å². The summed E-state index contributed by atoms with van der Waals surface area (Å²) in [4.78, 5) is 11.9. The number of benzene rings is 2. The average Bonchev–Trinajstić information content (AvgIpc) is 2.52. The molecular formula is C16H14F3N3O. The van der Waals surface area contributed by atoms with Crippen LogP contribution in [0.3, 0.4) is 0 Å². The van der Waals surface area contributed by atoms with Crippen molar-refractivity contribution >= 4 is 17.4 Å². The monoisotopic (exact) mass is 321 g/mol. The molecule has 2 aromatic rings. The van der Waals surface area contributed by atoms with Crippen LogP contribution in [0.25, 0.3) is 0 Å². The topological polar surface area (TPSA) is 53.2 Å². The Bertz CT molecular complexity index is 764. The molecule has 0 spiro atoms. The summed E-state index contributed by atoms with van der Waals surface area (Å²) in [7, 11) is 0. The first-order valence-corrected chi connectivity index (χ1v) is 7.08. The number of carbonyl (C=O) groups excluding carboxylic acids is 1. The van der Waals surface area contributed by atoms with Gasteiger partial charge in [-0.1, -0.05) is 6.07 Å². The zero-order chi connectivity index (χ0) is 16.4. The maximum atomic E-state index is 13.5. The number of urea groups is 1. The minimum atomic E-state index is -1.31. The van der Waals surface area contributed by atoms with Crippen molar-refractivity contribution in [3.8, 4) is 0 Å². The van der Waals surface area contributed by atoms with Gasteiger partial charge >= 0.3 is 6.03 Å². The summed E-state index contributed by atoms with van der Waals surface area (Å²) in [6.07, 6.45) is 0.851. The summed E-state index contributed by atoms with van der Waals surface area (Å²) >= 11 is 0. The van der Waals surface area contributed by atoms with Crippen LogP contribution in [0.4, 0.5) is 29.3 Å². The highest BCUT2D eigenvalue weighted by Gasteiger charge is 2.13. The molecule has 0 saturated carbocycles. The second kappa shape index (κ2) is 6.29. The normalized spacial score (nSPS) is 13.3. The Morgan fingerprint density at radius 1 is 0.957 bits per heavy atom. The van der Waals surface area contributed by atoms with E-state index >= 15 is 0 Å². The summed E-state index contributed by atoms with van der Waals surface area (Å²) in [6, 6.07) is 5.72. The minimum absolute atomic E-state index is 0.386. The molecule has 3 N–H and O–H groups in total. The van der Waals surface area contributed by atoms with Gasteiger partial charge < -0.3 is 16.0 Å². The molecule has 2 aromatic carbocycles. The van der Waals surface area contributed by atoms with Gasteiger partial charge in [0.15, 0.2) is 11.6 Å². The summed E-state index contributed by atoms with van der Waals surface area (Å²) in [5, 5.41) is 7.95. The standard InChI is InChI=1S/C16H14F3N3O/c17-12-6-14(19)15(7-13(12)18)22-16(23)21-11-2-1-10-8-20-4-3-9(10)5-11/h1-2,5-7,20H,3-4,8H2,(H2,21,22,23). The third-order valence-corrected chi connectivity index (χ3v) is 3.61. The summed E-state index contributed by atoms with van der Waals surface area (Å²) in [5.74, 6) is -3.59. The molecule has 0 saturated heterocycles. The number of anilines is 2. The van der Waals surface area contributed by atoms with Crippen molar-refractivity contribution in [3.63, 3.8) is 0 Å². The third kappa shape index (κ3) is 3.45. The van der Waals surface area contributed by atoms with E-state index in [1.807, 2.05) is 12.1 Å². The molecule has 23 heavy (non-hydrogen) atoms. The van der Waals surface area contributed by atoms with Crippen LogP contribution in [-0.2, 0) is 13.0 Å². The van der Waals surface area contributed by atoms with Crippen molar-refractivity contribution in [2.75, 3.05) is 17.2 Å². The van der Waals surface area contributed by atoms with Crippen LogP contribution >= 0.6 is 0 Å². The van der Waals surface area contributed by atoms with Crippen LogP contribution in [0.15, 0.2) is 30.3 Å². The Morgan fingerprint density at radius 2 is 1.74 bits per heavy atom. The third-order valence-electron chi connectivity index (χ3n) is 3.61. The fourth-order valence-corrected chi connectivity index (χ4v) is 2.46. The predicted molar refractivity (Wildman–Crippen MR) is 80.8 cm³/mol. The Kier molecular flexibility index (Phi) is 4.20. The molecule has 1 aliphatic heterocycles. The molecular weight excluding hydrogens is 307 g/mol. The Morgan fingerprint density at radius 3 is 2.57 bits per heavy atom. The smallest absolute Gasteiger partial charge is 0.312 e. The van der Waals surface area contributed by atoms with Crippen molar-refractivity contribution < 1.29 is 18.0 Å². The van der Waals surface area contributed by atoms with Crippen LogP contribution in [0.5, 0.6) is 0 Å². The quantitative estimate of drug-likeness (QED) is 0.743. The summed E-state index contributed by atoms with van der Waals surface area (Å²) in [6.45, 7) is 1.64. The largest absolute Gasteiger partial charge is 0.323 e. The predicted octanol–water partition coefficient (Wildman–Crippen LogP) is 3.39. The summed E-state index contributed by atoms with van der Waals surface area (Å²) < 4.78 is 39.5. The van der Waals surface area contributed by atoms with Gasteiger partial charge in [0.25, 0.3) is 0 Å². The average molecular weight is 321 g/mol. The van der Waals surface area contributed by atoms with E-state index in [0.717, 1.165) is 30.6 Å². The molecule has 7 heteroatoms. The summed E-state index contributed by atoms with van der Waals surface area (Å²) in [5.41, 5.74) is 2.41. The second-order valence-electron chi connectivity index (χ2n) is 5.24. The minimum Gasteiger partial charge on any atom is -0.312 e. The molecule has 0 radical (unpaired) electrons. The van der Waals surface area contributed by atoms with Crippen LogP contribution in [0, 0.1) is 17.5 Å². The van der Waals surface area contributed by atoms with Crippen molar-refractivity contribution in [2.24, 2.45) is 0 Å². The number of hydrogen-bond acceptors (Lipinski definition) is 2. The maximum Gasteiger partial charge on any atom is 0.323 e. The van der Waals surface area contributed by atoms with Crippen LogP contribution in [0.1, 0.15) is 11.1 Å². The first-order valence-electron chi connectivity index (χ1n) is 7.08. The van der Waals surface area contributed by atoms with Crippen molar-refractivity contribution in [1.29, 1.82) is 0 Å². The van der Waals surface area contributed by atoms with Gasteiger partial charge in [0, 0.05) is 24.4 Å². The number of nitrogens with one attached hydrogen (secondary N) is 3. The van der Waals surface area contributed by atoms with Crippen LogP contribution < -0.4 is 16.0 Å². The van der Waals surface area contributed by atoms with Gasteiger partial charge in [0.05, 0.1) is 5.69 Å². The number of rotatable bonds is 2. The van der Waals surface area contributed by atoms with Crippen LogP contribution in [0.2, 0.25) is 0 Å². The number of hydrogen-bond donors (Lipinski definition) is 3. The zero-order valence-electron chi connectivity index (χ0n) is 12.1. The van der Waals surface area contributed by atoms with Crippen molar-refractivity contribution in [2.45, 2.75) is 13.0 Å². The zero-order valence-corrected chi connectivity index (χ0v) is 12.1. The van der Waals surface area contributed by atoms with E-state index in [0.29, 0.717) is 17.8 Å². The SMILES string of the molecule is O=C(Nc1ccc2c(c1)CCNC2)Nc1cc(F)c(F)cc1F. The molecule has 0 fully saturated rings. The first kappa shape index (κ1) is 15.4. The lowest BCUT2D eigenvalue weighted by molar-refractivity contribution is 0.262. The Hall–Kier alpha value is -2.54. The fraction of sp³-hybridized carbons (Fsp3) is 0.188. The molecule has 0 unspecified atom stereocenters. The van der Waals surface area contributed by atoms with E-state index in [-0.39, 0.29) is 0 Å². The van der Waals surface area contributed by atoms with Gasteiger partial charge in [-0.3, -0.25) is 0 Å². The molecule has 0 aliphatic carbocycles. The molecule has 3 rings (SSSR count). The molecule has 4 nitrogen and oxygen atoms in total. The lowest BCUT2D eigenvalue weighted by atomic mass is 10.0. The van der Waals surface area contributed by atoms with E-state index < -0.39 is 29.2 Å². The van der Waals surface area contributed by atoms with E-state index in [4.69, 9.17) is 0 Å². The highest BCUT2D eigenvalue weighted by molar-refractivity contribution is 5.99. The van der Waals surface area contributed by atoms with Gasteiger partial charge in [-0.25, -0.2) is 18.0 Å². The Balaban J connectivity index is 1.71.